The maximum absolute atomic E-state index is 12.8. The summed E-state index contributed by atoms with van der Waals surface area (Å²) < 4.78 is 1.77. The van der Waals surface area contributed by atoms with Crippen molar-refractivity contribution in [1.29, 1.82) is 0 Å². The van der Waals surface area contributed by atoms with E-state index in [4.69, 9.17) is 0 Å². The van der Waals surface area contributed by atoms with Crippen molar-refractivity contribution in [2.45, 2.75) is 24.7 Å². The van der Waals surface area contributed by atoms with Crippen molar-refractivity contribution in [1.82, 2.24) is 19.7 Å². The molecule has 0 bridgehead atoms. The van der Waals surface area contributed by atoms with Crippen LogP contribution >= 0.6 is 11.8 Å². The second kappa shape index (κ2) is 5.73. The van der Waals surface area contributed by atoms with Crippen LogP contribution < -0.4 is 5.32 Å². The van der Waals surface area contributed by atoms with Crippen LogP contribution in [0.1, 0.15) is 12.0 Å². The van der Waals surface area contributed by atoms with Gasteiger partial charge >= 0.3 is 0 Å². The lowest BCUT2D eigenvalue weighted by Crippen LogP contribution is -2.41. The van der Waals surface area contributed by atoms with Crippen LogP contribution in [0.25, 0.3) is 0 Å². The molecular formula is C16H17N5OS. The molecule has 118 valence electrons. The predicted molar refractivity (Wildman–Crippen MR) is 88.9 cm³/mol. The van der Waals surface area contributed by atoms with Gasteiger partial charge in [-0.15, -0.1) is 5.10 Å². The summed E-state index contributed by atoms with van der Waals surface area (Å²) in [6, 6.07) is 10.1. The standard InChI is InChI=1S/C16H17N5OS/c1-23-16-18-15-17-13-7-8-20(9-11-5-3-2-4-6-11)14(22)12(13)10-21(15)19-16/h2-6H,7-10H2,1H3,(H,17,18,19). The van der Waals surface area contributed by atoms with Gasteiger partial charge in [0.2, 0.25) is 11.1 Å². The smallest absolute Gasteiger partial charge is 0.253 e. The van der Waals surface area contributed by atoms with E-state index in [1.807, 2.05) is 29.4 Å². The first-order valence-electron chi connectivity index (χ1n) is 7.55. The molecule has 0 unspecified atom stereocenters. The van der Waals surface area contributed by atoms with Crippen LogP contribution in [-0.2, 0) is 17.9 Å². The highest BCUT2D eigenvalue weighted by Gasteiger charge is 2.31. The first-order valence-corrected chi connectivity index (χ1v) is 8.78. The largest absolute Gasteiger partial charge is 0.334 e. The third-order valence-electron chi connectivity index (χ3n) is 4.16. The van der Waals surface area contributed by atoms with Crippen LogP contribution in [0.5, 0.6) is 0 Å². The minimum absolute atomic E-state index is 0.0921. The Morgan fingerprint density at radius 2 is 2.13 bits per heavy atom. The average Bonchev–Trinajstić information content (AvgIpc) is 2.99. The Bertz CT molecular complexity index is 783. The van der Waals surface area contributed by atoms with Gasteiger partial charge < -0.3 is 10.2 Å². The van der Waals surface area contributed by atoms with E-state index in [1.54, 1.807) is 4.68 Å². The summed E-state index contributed by atoms with van der Waals surface area (Å²) in [6.45, 7) is 1.87. The minimum atomic E-state index is 0.0921. The van der Waals surface area contributed by atoms with Crippen molar-refractivity contribution in [3.05, 3.63) is 47.2 Å². The third kappa shape index (κ3) is 2.61. The van der Waals surface area contributed by atoms with Crippen LogP contribution in [0.2, 0.25) is 0 Å². The van der Waals surface area contributed by atoms with Crippen molar-refractivity contribution in [3.63, 3.8) is 0 Å². The molecule has 3 heterocycles. The highest BCUT2D eigenvalue weighted by molar-refractivity contribution is 7.98. The molecule has 2 aliphatic heterocycles. The summed E-state index contributed by atoms with van der Waals surface area (Å²) in [4.78, 5) is 19.1. The van der Waals surface area contributed by atoms with E-state index < -0.39 is 0 Å². The number of fused-ring (bicyclic) bond motifs is 1. The highest BCUT2D eigenvalue weighted by atomic mass is 32.2. The van der Waals surface area contributed by atoms with Gasteiger partial charge in [-0.2, -0.15) is 4.98 Å². The number of thioether (sulfide) groups is 1. The van der Waals surface area contributed by atoms with Gasteiger partial charge in [-0.25, -0.2) is 4.68 Å². The average molecular weight is 327 g/mol. The number of aromatic nitrogens is 3. The lowest BCUT2D eigenvalue weighted by molar-refractivity contribution is -0.128. The summed E-state index contributed by atoms with van der Waals surface area (Å²) in [5, 5.41) is 8.40. The Labute approximate surface area is 138 Å². The first kappa shape index (κ1) is 14.3. The van der Waals surface area contributed by atoms with Crippen molar-refractivity contribution < 1.29 is 4.79 Å². The van der Waals surface area contributed by atoms with E-state index in [-0.39, 0.29) is 5.91 Å². The number of benzene rings is 1. The normalized spacial score (nSPS) is 16.9. The molecule has 1 N–H and O–H groups in total. The van der Waals surface area contributed by atoms with Gasteiger partial charge in [0.15, 0.2) is 0 Å². The summed E-state index contributed by atoms with van der Waals surface area (Å²) >= 11 is 1.50. The van der Waals surface area contributed by atoms with E-state index in [1.165, 1.54) is 11.8 Å². The monoisotopic (exact) mass is 327 g/mol. The number of hydrogen-bond donors (Lipinski definition) is 1. The first-order chi connectivity index (χ1) is 11.2. The van der Waals surface area contributed by atoms with E-state index in [0.717, 1.165) is 40.9 Å². The maximum Gasteiger partial charge on any atom is 0.253 e. The molecule has 0 saturated heterocycles. The van der Waals surface area contributed by atoms with Gasteiger partial charge in [0, 0.05) is 25.2 Å². The Hall–Kier alpha value is -2.28. The third-order valence-corrected chi connectivity index (χ3v) is 4.70. The molecule has 2 aliphatic rings. The molecule has 1 aromatic carbocycles. The Morgan fingerprint density at radius 3 is 2.91 bits per heavy atom. The van der Waals surface area contributed by atoms with Crippen LogP contribution in [-0.4, -0.2) is 38.4 Å². The molecule has 2 aromatic rings. The second-order valence-electron chi connectivity index (χ2n) is 5.62. The van der Waals surface area contributed by atoms with Crippen molar-refractivity contribution in [2.24, 2.45) is 0 Å². The molecule has 0 saturated carbocycles. The maximum atomic E-state index is 12.8. The number of carbonyl (C=O) groups is 1. The summed E-state index contributed by atoms with van der Waals surface area (Å²) in [7, 11) is 0. The molecule has 7 heteroatoms. The van der Waals surface area contributed by atoms with E-state index in [0.29, 0.717) is 13.1 Å². The zero-order valence-electron chi connectivity index (χ0n) is 12.8. The summed E-state index contributed by atoms with van der Waals surface area (Å²) in [5.74, 6) is 0.826. The number of nitrogens with one attached hydrogen (secondary N) is 1. The Balaban J connectivity index is 1.56. The number of amides is 1. The van der Waals surface area contributed by atoms with Crippen LogP contribution in [0.3, 0.4) is 0 Å². The number of anilines is 1. The molecule has 0 aliphatic carbocycles. The Morgan fingerprint density at radius 1 is 1.30 bits per heavy atom. The van der Waals surface area contributed by atoms with Gasteiger partial charge in [-0.3, -0.25) is 4.79 Å². The predicted octanol–water partition coefficient (Wildman–Crippen LogP) is 2.11. The van der Waals surface area contributed by atoms with Gasteiger partial charge in [0.05, 0.1) is 12.1 Å². The molecule has 6 nitrogen and oxygen atoms in total. The van der Waals surface area contributed by atoms with Gasteiger partial charge in [0.1, 0.15) is 0 Å². The van der Waals surface area contributed by atoms with E-state index >= 15 is 0 Å². The molecular weight excluding hydrogens is 310 g/mol. The van der Waals surface area contributed by atoms with Crippen LogP contribution in [0.4, 0.5) is 5.95 Å². The molecule has 1 amide bonds. The number of rotatable bonds is 3. The van der Waals surface area contributed by atoms with E-state index in [9.17, 15) is 4.79 Å². The molecule has 23 heavy (non-hydrogen) atoms. The molecule has 0 fully saturated rings. The van der Waals surface area contributed by atoms with E-state index in [2.05, 4.69) is 27.5 Å². The van der Waals surface area contributed by atoms with Gasteiger partial charge in [0.25, 0.3) is 5.91 Å². The second-order valence-corrected chi connectivity index (χ2v) is 6.40. The quantitative estimate of drug-likeness (QED) is 0.875. The zero-order chi connectivity index (χ0) is 15.8. The van der Waals surface area contributed by atoms with Gasteiger partial charge in [-0.05, 0) is 11.8 Å². The molecule has 0 atom stereocenters. The fourth-order valence-electron chi connectivity index (χ4n) is 2.97. The number of carbonyl (C=O) groups excluding carboxylic acids is 1. The molecule has 1 aromatic heterocycles. The van der Waals surface area contributed by atoms with Crippen molar-refractivity contribution >= 4 is 23.6 Å². The van der Waals surface area contributed by atoms with Crippen molar-refractivity contribution in [2.75, 3.05) is 18.1 Å². The fraction of sp³-hybridized carbons (Fsp3) is 0.312. The lowest BCUT2D eigenvalue weighted by Gasteiger charge is -2.33. The zero-order valence-corrected chi connectivity index (χ0v) is 13.6. The van der Waals surface area contributed by atoms with Crippen LogP contribution in [0, 0.1) is 0 Å². The minimum Gasteiger partial charge on any atom is -0.334 e. The fourth-order valence-corrected chi connectivity index (χ4v) is 3.33. The van der Waals surface area contributed by atoms with Crippen molar-refractivity contribution in [3.8, 4) is 0 Å². The number of hydrogen-bond acceptors (Lipinski definition) is 5. The molecule has 0 radical (unpaired) electrons. The molecule has 4 rings (SSSR count). The SMILES string of the molecule is CSc1nc2n(n1)CC1=C(CCN(Cc3ccccc3)C1=O)N2. The van der Waals surface area contributed by atoms with Crippen LogP contribution in [0.15, 0.2) is 46.8 Å². The summed E-state index contributed by atoms with van der Waals surface area (Å²) in [5.41, 5.74) is 2.95. The number of nitrogens with zero attached hydrogens (tertiary/aromatic N) is 4. The topological polar surface area (TPSA) is 63.1 Å². The Kier molecular flexibility index (Phi) is 3.57. The van der Waals surface area contributed by atoms with Gasteiger partial charge in [-0.1, -0.05) is 42.1 Å². The molecule has 0 spiro atoms. The lowest BCUT2D eigenvalue weighted by atomic mass is 10.0. The highest BCUT2D eigenvalue weighted by Crippen LogP contribution is 2.29. The summed E-state index contributed by atoms with van der Waals surface area (Å²) in [6.07, 6.45) is 2.77.